The number of fused-ring (bicyclic) bond motifs is 3. The Hall–Kier alpha value is -1.97. The van der Waals surface area contributed by atoms with Crippen LogP contribution in [0, 0.1) is 5.92 Å². The van der Waals surface area contributed by atoms with Crippen molar-refractivity contribution in [3.63, 3.8) is 0 Å². The van der Waals surface area contributed by atoms with Gasteiger partial charge in [0.25, 0.3) is 0 Å². The Morgan fingerprint density at radius 1 is 1.35 bits per heavy atom. The third kappa shape index (κ3) is 1.87. The van der Waals surface area contributed by atoms with Crippen LogP contribution in [0.2, 0.25) is 0 Å². The van der Waals surface area contributed by atoms with Crippen LogP contribution in [-0.4, -0.2) is 24.8 Å². The molecule has 0 N–H and O–H groups in total. The van der Waals surface area contributed by atoms with E-state index in [0.717, 1.165) is 25.0 Å². The molecule has 1 aliphatic rings. The predicted octanol–water partition coefficient (Wildman–Crippen LogP) is 2.46. The van der Waals surface area contributed by atoms with E-state index in [-0.39, 0.29) is 11.9 Å². The molecule has 20 heavy (non-hydrogen) atoms. The summed E-state index contributed by atoms with van der Waals surface area (Å²) in [5.41, 5.74) is 3.79. The minimum atomic E-state index is -0.101. The first-order valence-electron chi connectivity index (χ1n) is 6.87. The molecule has 1 unspecified atom stereocenters. The molecule has 1 atom stereocenters. The van der Waals surface area contributed by atoms with Crippen LogP contribution in [0.15, 0.2) is 18.2 Å². The molecule has 0 saturated heterocycles. The first-order valence-corrected chi connectivity index (χ1v) is 6.87. The van der Waals surface area contributed by atoms with E-state index in [1.807, 2.05) is 6.07 Å². The largest absolute Gasteiger partial charge is 0.497 e. The van der Waals surface area contributed by atoms with Crippen molar-refractivity contribution in [1.29, 1.82) is 0 Å². The second-order valence-corrected chi connectivity index (χ2v) is 5.33. The molecule has 2 aromatic rings. The molecule has 0 saturated carbocycles. The highest BCUT2D eigenvalue weighted by Gasteiger charge is 2.29. The Bertz CT molecular complexity index is 672. The molecule has 106 valence electrons. The van der Waals surface area contributed by atoms with Gasteiger partial charge in [0.1, 0.15) is 5.75 Å². The lowest BCUT2D eigenvalue weighted by Crippen LogP contribution is -2.24. The lowest BCUT2D eigenvalue weighted by molar-refractivity contribution is -0.145. The Morgan fingerprint density at radius 2 is 2.15 bits per heavy atom. The maximum atomic E-state index is 11.8. The van der Waals surface area contributed by atoms with E-state index in [2.05, 4.69) is 23.7 Å². The van der Waals surface area contributed by atoms with Crippen molar-refractivity contribution in [1.82, 2.24) is 4.57 Å². The summed E-state index contributed by atoms with van der Waals surface area (Å²) in [6.07, 6.45) is 2.54. The Morgan fingerprint density at radius 3 is 2.85 bits per heavy atom. The van der Waals surface area contributed by atoms with Crippen molar-refractivity contribution in [2.75, 3.05) is 14.2 Å². The fraction of sp³-hybridized carbons (Fsp3) is 0.438. The Balaban J connectivity index is 2.11. The standard InChI is InChI=1S/C16H19NO3/c1-17-14-6-4-10(16(18)20-3)8-12(14)13-9-11(19-2)5-7-15(13)17/h5,7,9-10H,4,6,8H2,1-3H3. The van der Waals surface area contributed by atoms with Crippen LogP contribution >= 0.6 is 0 Å². The summed E-state index contributed by atoms with van der Waals surface area (Å²) in [4.78, 5) is 11.8. The maximum Gasteiger partial charge on any atom is 0.309 e. The molecule has 0 radical (unpaired) electrons. The number of rotatable bonds is 2. The topological polar surface area (TPSA) is 40.5 Å². The Kier molecular flexibility index (Phi) is 3.16. The van der Waals surface area contributed by atoms with E-state index >= 15 is 0 Å². The van der Waals surface area contributed by atoms with Crippen LogP contribution in [0.1, 0.15) is 17.7 Å². The number of benzene rings is 1. The molecule has 1 aromatic carbocycles. The van der Waals surface area contributed by atoms with Crippen LogP contribution < -0.4 is 4.74 Å². The molecule has 1 heterocycles. The highest BCUT2D eigenvalue weighted by Crippen LogP contribution is 2.35. The van der Waals surface area contributed by atoms with Crippen molar-refractivity contribution in [2.24, 2.45) is 13.0 Å². The van der Waals surface area contributed by atoms with E-state index in [0.29, 0.717) is 0 Å². The molecule has 4 nitrogen and oxygen atoms in total. The van der Waals surface area contributed by atoms with Gasteiger partial charge in [0.05, 0.1) is 20.1 Å². The normalized spacial score (nSPS) is 17.9. The first-order chi connectivity index (χ1) is 9.65. The van der Waals surface area contributed by atoms with Gasteiger partial charge in [-0.05, 0) is 43.0 Å². The monoisotopic (exact) mass is 273 g/mol. The number of aromatic nitrogens is 1. The van der Waals surface area contributed by atoms with Gasteiger partial charge in [-0.3, -0.25) is 4.79 Å². The van der Waals surface area contributed by atoms with E-state index < -0.39 is 0 Å². The summed E-state index contributed by atoms with van der Waals surface area (Å²) >= 11 is 0. The summed E-state index contributed by atoms with van der Waals surface area (Å²) in [7, 11) is 5.23. The SMILES string of the molecule is COC(=O)C1CCc2c(c3cc(OC)ccc3n2C)C1. The average Bonchev–Trinajstić information content (AvgIpc) is 2.78. The summed E-state index contributed by atoms with van der Waals surface area (Å²) < 4.78 is 12.4. The number of carbonyl (C=O) groups is 1. The van der Waals surface area contributed by atoms with Gasteiger partial charge >= 0.3 is 5.97 Å². The number of nitrogens with zero attached hydrogens (tertiary/aromatic N) is 1. The molecular formula is C16H19NO3. The van der Waals surface area contributed by atoms with Crippen molar-refractivity contribution in [3.05, 3.63) is 29.5 Å². The second-order valence-electron chi connectivity index (χ2n) is 5.33. The van der Waals surface area contributed by atoms with Gasteiger partial charge in [-0.1, -0.05) is 0 Å². The zero-order valence-corrected chi connectivity index (χ0v) is 12.1. The highest BCUT2D eigenvalue weighted by molar-refractivity contribution is 5.88. The quantitative estimate of drug-likeness (QED) is 0.789. The third-order valence-corrected chi connectivity index (χ3v) is 4.36. The molecular weight excluding hydrogens is 254 g/mol. The van der Waals surface area contributed by atoms with E-state index in [1.54, 1.807) is 7.11 Å². The lowest BCUT2D eigenvalue weighted by Gasteiger charge is -2.21. The molecule has 0 bridgehead atoms. The van der Waals surface area contributed by atoms with Gasteiger partial charge in [-0.2, -0.15) is 0 Å². The highest BCUT2D eigenvalue weighted by atomic mass is 16.5. The van der Waals surface area contributed by atoms with E-state index in [9.17, 15) is 4.79 Å². The molecule has 0 fully saturated rings. The molecule has 1 aromatic heterocycles. The van der Waals surface area contributed by atoms with Gasteiger partial charge in [0, 0.05) is 23.6 Å². The van der Waals surface area contributed by atoms with Crippen LogP contribution in [0.3, 0.4) is 0 Å². The molecule has 1 aliphatic carbocycles. The number of aryl methyl sites for hydroxylation is 1. The number of hydrogen-bond acceptors (Lipinski definition) is 3. The summed E-state index contributed by atoms with van der Waals surface area (Å²) in [5, 5.41) is 1.19. The zero-order valence-electron chi connectivity index (χ0n) is 12.1. The van der Waals surface area contributed by atoms with Crippen molar-refractivity contribution >= 4 is 16.9 Å². The number of methoxy groups -OCH3 is 2. The van der Waals surface area contributed by atoms with E-state index in [4.69, 9.17) is 9.47 Å². The van der Waals surface area contributed by atoms with Gasteiger partial charge in [-0.15, -0.1) is 0 Å². The number of esters is 1. The van der Waals surface area contributed by atoms with Gasteiger partial charge < -0.3 is 14.0 Å². The third-order valence-electron chi connectivity index (χ3n) is 4.36. The maximum absolute atomic E-state index is 11.8. The molecule has 0 aliphatic heterocycles. The lowest BCUT2D eigenvalue weighted by atomic mass is 9.86. The predicted molar refractivity (Wildman–Crippen MR) is 77.0 cm³/mol. The molecule has 4 heteroatoms. The minimum absolute atomic E-state index is 0.0238. The van der Waals surface area contributed by atoms with Gasteiger partial charge in [0.15, 0.2) is 0 Å². The van der Waals surface area contributed by atoms with Gasteiger partial charge in [-0.25, -0.2) is 0 Å². The fourth-order valence-corrected chi connectivity index (χ4v) is 3.25. The first kappa shape index (κ1) is 13.0. The summed E-state index contributed by atoms with van der Waals surface area (Å²) in [6.45, 7) is 0. The zero-order chi connectivity index (χ0) is 14.3. The molecule has 0 amide bonds. The molecule has 3 rings (SSSR count). The van der Waals surface area contributed by atoms with Crippen molar-refractivity contribution in [2.45, 2.75) is 19.3 Å². The second kappa shape index (κ2) is 4.85. The van der Waals surface area contributed by atoms with Crippen LogP contribution in [-0.2, 0) is 29.4 Å². The smallest absolute Gasteiger partial charge is 0.309 e. The summed E-state index contributed by atoms with van der Waals surface area (Å²) in [6, 6.07) is 6.12. The fourth-order valence-electron chi connectivity index (χ4n) is 3.25. The summed E-state index contributed by atoms with van der Waals surface area (Å²) in [5.74, 6) is 0.728. The average molecular weight is 273 g/mol. The number of carbonyl (C=O) groups excluding carboxylic acids is 1. The number of hydrogen-bond donors (Lipinski definition) is 0. The van der Waals surface area contributed by atoms with Crippen LogP contribution in [0.5, 0.6) is 5.75 Å². The minimum Gasteiger partial charge on any atom is -0.497 e. The Labute approximate surface area is 118 Å². The van der Waals surface area contributed by atoms with Gasteiger partial charge in [0.2, 0.25) is 0 Å². The van der Waals surface area contributed by atoms with Crippen LogP contribution in [0.4, 0.5) is 0 Å². The van der Waals surface area contributed by atoms with Crippen molar-refractivity contribution < 1.29 is 14.3 Å². The van der Waals surface area contributed by atoms with E-state index in [1.165, 1.54) is 29.3 Å². The van der Waals surface area contributed by atoms with Crippen LogP contribution in [0.25, 0.3) is 10.9 Å². The number of ether oxygens (including phenoxy) is 2. The van der Waals surface area contributed by atoms with Crippen molar-refractivity contribution in [3.8, 4) is 5.75 Å². The molecule has 0 spiro atoms.